The first-order valence-corrected chi connectivity index (χ1v) is 7.90. The molecule has 6 nitrogen and oxygen atoms in total. The fourth-order valence-corrected chi connectivity index (χ4v) is 2.93. The second-order valence-electron chi connectivity index (χ2n) is 5.85. The van der Waals surface area contributed by atoms with Gasteiger partial charge in [0.1, 0.15) is 0 Å². The van der Waals surface area contributed by atoms with Crippen LogP contribution in [0.25, 0.3) is 5.69 Å². The number of nitrogens with zero attached hydrogens (tertiary/aromatic N) is 4. The summed E-state index contributed by atoms with van der Waals surface area (Å²) in [5, 5.41) is 9.01. The second-order valence-corrected chi connectivity index (χ2v) is 5.85. The molecular formula is C17H22N4O2. The van der Waals surface area contributed by atoms with Crippen molar-refractivity contribution in [3.63, 3.8) is 0 Å². The highest BCUT2D eigenvalue weighted by molar-refractivity contribution is 5.98. The van der Waals surface area contributed by atoms with Crippen LogP contribution < -0.4 is 0 Å². The van der Waals surface area contributed by atoms with E-state index in [0.717, 1.165) is 24.3 Å². The minimum atomic E-state index is 0.0565. The van der Waals surface area contributed by atoms with Crippen molar-refractivity contribution in [2.45, 2.75) is 6.92 Å². The number of aliphatic hydroxyl groups is 1. The Morgan fingerprint density at radius 3 is 2.70 bits per heavy atom. The molecule has 0 bridgehead atoms. The van der Waals surface area contributed by atoms with E-state index >= 15 is 0 Å². The number of β-amino-alcohol motifs (C(OH)–C–C–N with tert-alkyl or cyclic N) is 1. The van der Waals surface area contributed by atoms with Crippen molar-refractivity contribution < 1.29 is 9.90 Å². The van der Waals surface area contributed by atoms with Crippen LogP contribution in [0, 0.1) is 6.92 Å². The SMILES string of the molecule is Cc1ccc(-n2ccnc2)c(C(=O)N2CCN(CCO)CC2)c1. The number of piperazine rings is 1. The maximum atomic E-state index is 13.0. The van der Waals surface area contributed by atoms with Gasteiger partial charge in [0.15, 0.2) is 0 Å². The number of hydrogen-bond donors (Lipinski definition) is 1. The number of aromatic nitrogens is 2. The number of carbonyl (C=O) groups excluding carboxylic acids is 1. The molecule has 3 rings (SSSR count). The van der Waals surface area contributed by atoms with Crippen LogP contribution >= 0.6 is 0 Å². The molecule has 1 fully saturated rings. The van der Waals surface area contributed by atoms with E-state index in [0.29, 0.717) is 25.2 Å². The van der Waals surface area contributed by atoms with Gasteiger partial charge in [-0.2, -0.15) is 0 Å². The summed E-state index contributed by atoms with van der Waals surface area (Å²) in [6, 6.07) is 5.91. The van der Waals surface area contributed by atoms with Gasteiger partial charge in [0.25, 0.3) is 5.91 Å². The fraction of sp³-hybridized carbons (Fsp3) is 0.412. The zero-order chi connectivity index (χ0) is 16.2. The van der Waals surface area contributed by atoms with Gasteiger partial charge in [0, 0.05) is 45.1 Å². The molecule has 2 aromatic rings. The highest BCUT2D eigenvalue weighted by Crippen LogP contribution is 2.19. The zero-order valence-electron chi connectivity index (χ0n) is 13.4. The van der Waals surface area contributed by atoms with Gasteiger partial charge in [-0.05, 0) is 19.1 Å². The Morgan fingerprint density at radius 2 is 2.04 bits per heavy atom. The van der Waals surface area contributed by atoms with Gasteiger partial charge in [0.05, 0.1) is 24.2 Å². The Morgan fingerprint density at radius 1 is 1.26 bits per heavy atom. The van der Waals surface area contributed by atoms with E-state index in [9.17, 15) is 4.79 Å². The van der Waals surface area contributed by atoms with E-state index < -0.39 is 0 Å². The molecule has 0 radical (unpaired) electrons. The van der Waals surface area contributed by atoms with E-state index in [1.807, 2.05) is 40.8 Å². The summed E-state index contributed by atoms with van der Waals surface area (Å²) < 4.78 is 1.87. The predicted octanol–water partition coefficient (Wildman–Crippen LogP) is 0.931. The number of amides is 1. The number of aryl methyl sites for hydroxylation is 1. The Kier molecular flexibility index (Phi) is 4.73. The smallest absolute Gasteiger partial charge is 0.256 e. The normalized spacial score (nSPS) is 15.8. The van der Waals surface area contributed by atoms with Crippen LogP contribution in [0.4, 0.5) is 0 Å². The van der Waals surface area contributed by atoms with Crippen molar-refractivity contribution in [3.8, 4) is 5.69 Å². The first-order chi connectivity index (χ1) is 11.2. The monoisotopic (exact) mass is 314 g/mol. The quantitative estimate of drug-likeness (QED) is 0.912. The average molecular weight is 314 g/mol. The van der Waals surface area contributed by atoms with E-state index in [1.165, 1.54) is 0 Å². The number of imidazole rings is 1. The molecule has 1 saturated heterocycles. The molecule has 122 valence electrons. The average Bonchev–Trinajstić information content (AvgIpc) is 3.09. The predicted molar refractivity (Wildman–Crippen MR) is 87.7 cm³/mol. The summed E-state index contributed by atoms with van der Waals surface area (Å²) in [5.74, 6) is 0.0565. The molecular weight excluding hydrogens is 292 g/mol. The summed E-state index contributed by atoms with van der Waals surface area (Å²) in [4.78, 5) is 21.1. The van der Waals surface area contributed by atoms with Crippen molar-refractivity contribution >= 4 is 5.91 Å². The summed E-state index contributed by atoms with van der Waals surface area (Å²) in [6.07, 6.45) is 5.27. The van der Waals surface area contributed by atoms with E-state index in [-0.39, 0.29) is 12.5 Å². The molecule has 0 spiro atoms. The minimum Gasteiger partial charge on any atom is -0.395 e. The molecule has 0 atom stereocenters. The van der Waals surface area contributed by atoms with Crippen LogP contribution in [0.2, 0.25) is 0 Å². The number of hydrogen-bond acceptors (Lipinski definition) is 4. The Labute approximate surface area is 136 Å². The van der Waals surface area contributed by atoms with Gasteiger partial charge in [0.2, 0.25) is 0 Å². The summed E-state index contributed by atoms with van der Waals surface area (Å²) in [6.45, 7) is 5.82. The number of carbonyl (C=O) groups is 1. The number of benzene rings is 1. The first kappa shape index (κ1) is 15.7. The molecule has 0 unspecified atom stereocenters. The number of aliphatic hydroxyl groups excluding tert-OH is 1. The van der Waals surface area contributed by atoms with E-state index in [4.69, 9.17) is 5.11 Å². The van der Waals surface area contributed by atoms with E-state index in [1.54, 1.807) is 12.5 Å². The Balaban J connectivity index is 1.81. The van der Waals surface area contributed by atoms with Gasteiger partial charge in [-0.1, -0.05) is 11.6 Å². The third-order valence-corrected chi connectivity index (χ3v) is 4.24. The topological polar surface area (TPSA) is 61.6 Å². The van der Waals surface area contributed by atoms with E-state index in [2.05, 4.69) is 9.88 Å². The largest absolute Gasteiger partial charge is 0.395 e. The van der Waals surface area contributed by atoms with Crippen molar-refractivity contribution in [1.29, 1.82) is 0 Å². The molecule has 0 aliphatic carbocycles. The lowest BCUT2D eigenvalue weighted by atomic mass is 10.1. The van der Waals surface area contributed by atoms with Crippen LogP contribution in [0.3, 0.4) is 0 Å². The lowest BCUT2D eigenvalue weighted by molar-refractivity contribution is 0.0615. The highest BCUT2D eigenvalue weighted by Gasteiger charge is 2.24. The third kappa shape index (κ3) is 3.43. The molecule has 1 amide bonds. The molecule has 2 heterocycles. The first-order valence-electron chi connectivity index (χ1n) is 7.90. The third-order valence-electron chi connectivity index (χ3n) is 4.24. The van der Waals surface area contributed by atoms with Crippen molar-refractivity contribution in [2.75, 3.05) is 39.3 Å². The zero-order valence-corrected chi connectivity index (χ0v) is 13.4. The number of rotatable bonds is 4. The standard InChI is InChI=1S/C17H22N4O2/c1-14-2-3-16(21-5-4-18-13-21)15(12-14)17(23)20-8-6-19(7-9-20)10-11-22/h2-5,12-13,22H,6-11H2,1H3. The minimum absolute atomic E-state index is 0.0565. The van der Waals surface area contributed by atoms with Crippen LogP contribution in [0.5, 0.6) is 0 Å². The van der Waals surface area contributed by atoms with Crippen LogP contribution in [-0.2, 0) is 0 Å². The van der Waals surface area contributed by atoms with Crippen molar-refractivity contribution in [1.82, 2.24) is 19.4 Å². The molecule has 1 N–H and O–H groups in total. The van der Waals surface area contributed by atoms with Crippen LogP contribution in [0.1, 0.15) is 15.9 Å². The van der Waals surface area contributed by atoms with Gasteiger partial charge < -0.3 is 14.6 Å². The summed E-state index contributed by atoms with van der Waals surface area (Å²) in [5.41, 5.74) is 2.63. The van der Waals surface area contributed by atoms with Crippen molar-refractivity contribution in [3.05, 3.63) is 48.0 Å². The summed E-state index contributed by atoms with van der Waals surface area (Å²) in [7, 11) is 0. The molecule has 1 aliphatic heterocycles. The van der Waals surface area contributed by atoms with Gasteiger partial charge in [-0.15, -0.1) is 0 Å². The molecule has 0 saturated carbocycles. The molecule has 23 heavy (non-hydrogen) atoms. The maximum absolute atomic E-state index is 13.0. The lowest BCUT2D eigenvalue weighted by Crippen LogP contribution is -2.49. The second kappa shape index (κ2) is 6.93. The molecule has 1 aromatic carbocycles. The lowest BCUT2D eigenvalue weighted by Gasteiger charge is -2.34. The van der Waals surface area contributed by atoms with Gasteiger partial charge in [-0.25, -0.2) is 4.98 Å². The Bertz CT molecular complexity index is 661. The van der Waals surface area contributed by atoms with Gasteiger partial charge >= 0.3 is 0 Å². The van der Waals surface area contributed by atoms with Gasteiger partial charge in [-0.3, -0.25) is 9.69 Å². The highest BCUT2D eigenvalue weighted by atomic mass is 16.3. The fourth-order valence-electron chi connectivity index (χ4n) is 2.93. The van der Waals surface area contributed by atoms with Crippen LogP contribution in [-0.4, -0.2) is 69.7 Å². The summed E-state index contributed by atoms with van der Waals surface area (Å²) >= 11 is 0. The van der Waals surface area contributed by atoms with Crippen molar-refractivity contribution in [2.24, 2.45) is 0 Å². The Hall–Kier alpha value is -2.18. The molecule has 6 heteroatoms. The molecule has 1 aromatic heterocycles. The van der Waals surface area contributed by atoms with Crippen LogP contribution in [0.15, 0.2) is 36.9 Å². The maximum Gasteiger partial charge on any atom is 0.256 e. The molecule has 1 aliphatic rings.